The van der Waals surface area contributed by atoms with Gasteiger partial charge in [-0.3, -0.25) is 9.59 Å². The zero-order valence-corrected chi connectivity index (χ0v) is 10.9. The Morgan fingerprint density at radius 1 is 1.20 bits per heavy atom. The largest absolute Gasteiger partial charge is 0.545 e. The van der Waals surface area contributed by atoms with Crippen molar-refractivity contribution in [3.63, 3.8) is 0 Å². The van der Waals surface area contributed by atoms with Crippen LogP contribution in [0.2, 0.25) is 0 Å². The van der Waals surface area contributed by atoms with E-state index in [0.29, 0.717) is 5.01 Å². The van der Waals surface area contributed by atoms with E-state index >= 15 is 0 Å². The van der Waals surface area contributed by atoms with Crippen molar-refractivity contribution in [1.82, 2.24) is 10.2 Å². The van der Waals surface area contributed by atoms with Crippen LogP contribution in [0.3, 0.4) is 0 Å². The summed E-state index contributed by atoms with van der Waals surface area (Å²) in [5.41, 5.74) is 0.0256. The molecule has 3 rings (SSSR count). The van der Waals surface area contributed by atoms with Crippen LogP contribution in [0.5, 0.6) is 0 Å². The molecule has 0 unspecified atom stereocenters. The van der Waals surface area contributed by atoms with Gasteiger partial charge < -0.3 is 9.90 Å². The third kappa shape index (κ3) is 1.69. The van der Waals surface area contributed by atoms with Gasteiger partial charge in [-0.2, -0.15) is 0 Å². The standard InChI is InChI=1S/C12H7N3O4S/c1-5-13-14-12(20-5)15-9(16)7-3-2-6(11(18)19)4-8(7)10(15)17/h2-4H,1H3,(H,18,19)/p-1. The van der Waals surface area contributed by atoms with Gasteiger partial charge in [0.1, 0.15) is 5.01 Å². The first-order chi connectivity index (χ1) is 9.49. The zero-order valence-electron chi connectivity index (χ0n) is 10.1. The van der Waals surface area contributed by atoms with Crippen LogP contribution in [0.15, 0.2) is 18.2 Å². The molecule has 0 bridgehead atoms. The lowest BCUT2D eigenvalue weighted by Crippen LogP contribution is -2.29. The lowest BCUT2D eigenvalue weighted by atomic mass is 10.1. The summed E-state index contributed by atoms with van der Waals surface area (Å²) < 4.78 is 0. The van der Waals surface area contributed by atoms with Crippen LogP contribution in [0.4, 0.5) is 5.13 Å². The molecule has 0 atom stereocenters. The summed E-state index contributed by atoms with van der Waals surface area (Å²) in [7, 11) is 0. The Bertz CT molecular complexity index is 768. The van der Waals surface area contributed by atoms with E-state index in [1.165, 1.54) is 12.1 Å². The molecule has 2 amide bonds. The number of carboxylic acid groups (broad SMARTS) is 1. The predicted molar refractivity (Wildman–Crippen MR) is 66.6 cm³/mol. The summed E-state index contributed by atoms with van der Waals surface area (Å²) in [6, 6.07) is 3.67. The van der Waals surface area contributed by atoms with Gasteiger partial charge in [-0.1, -0.05) is 17.4 Å². The lowest BCUT2D eigenvalue weighted by molar-refractivity contribution is -0.255. The van der Waals surface area contributed by atoms with Crippen LogP contribution in [0.1, 0.15) is 36.1 Å². The quantitative estimate of drug-likeness (QED) is 0.721. The number of carbonyl (C=O) groups excluding carboxylic acids is 3. The second-order valence-corrected chi connectivity index (χ2v) is 5.26. The van der Waals surface area contributed by atoms with Gasteiger partial charge in [0, 0.05) is 0 Å². The fourth-order valence-corrected chi connectivity index (χ4v) is 2.60. The molecule has 1 aliphatic heterocycles. The smallest absolute Gasteiger partial charge is 0.268 e. The van der Waals surface area contributed by atoms with Crippen LogP contribution < -0.4 is 10.0 Å². The van der Waals surface area contributed by atoms with Crippen molar-refractivity contribution in [2.75, 3.05) is 4.90 Å². The van der Waals surface area contributed by atoms with Crippen LogP contribution in [0, 0.1) is 6.92 Å². The lowest BCUT2D eigenvalue weighted by Gasteiger charge is -2.07. The molecule has 0 spiro atoms. The Hall–Kier alpha value is -2.61. The van der Waals surface area contributed by atoms with Gasteiger partial charge in [0.2, 0.25) is 5.13 Å². The number of rotatable bonds is 2. The SMILES string of the molecule is Cc1nnc(N2C(=O)c3ccc(C(=O)[O-])cc3C2=O)s1. The first kappa shape index (κ1) is 12.4. The van der Waals surface area contributed by atoms with E-state index in [0.717, 1.165) is 22.3 Å². The Balaban J connectivity index is 2.10. The first-order valence-corrected chi connectivity index (χ1v) is 6.35. The zero-order chi connectivity index (χ0) is 14.4. The molecule has 100 valence electrons. The summed E-state index contributed by atoms with van der Waals surface area (Å²) in [6.07, 6.45) is 0. The Morgan fingerprint density at radius 3 is 2.50 bits per heavy atom. The van der Waals surface area contributed by atoms with Crippen molar-refractivity contribution < 1.29 is 19.5 Å². The van der Waals surface area contributed by atoms with Crippen LogP contribution in [-0.4, -0.2) is 28.0 Å². The molecule has 0 aliphatic carbocycles. The Morgan fingerprint density at radius 2 is 1.90 bits per heavy atom. The molecular formula is C12H6N3O4S-. The van der Waals surface area contributed by atoms with Gasteiger partial charge in [-0.05, 0) is 24.6 Å². The number of carbonyl (C=O) groups is 3. The minimum atomic E-state index is -1.40. The number of anilines is 1. The maximum atomic E-state index is 12.2. The number of hydrogen-bond acceptors (Lipinski definition) is 7. The molecule has 0 saturated carbocycles. The Labute approximate surface area is 116 Å². The topological polar surface area (TPSA) is 103 Å². The highest BCUT2D eigenvalue weighted by Gasteiger charge is 2.38. The van der Waals surface area contributed by atoms with Crippen molar-refractivity contribution in [1.29, 1.82) is 0 Å². The van der Waals surface area contributed by atoms with Gasteiger partial charge in [0.15, 0.2) is 0 Å². The Kier molecular flexibility index (Phi) is 2.61. The van der Waals surface area contributed by atoms with E-state index in [2.05, 4.69) is 10.2 Å². The average Bonchev–Trinajstić information content (AvgIpc) is 2.93. The number of benzene rings is 1. The maximum Gasteiger partial charge on any atom is 0.268 e. The first-order valence-electron chi connectivity index (χ1n) is 5.53. The van der Waals surface area contributed by atoms with Gasteiger partial charge in [0.25, 0.3) is 11.8 Å². The third-order valence-electron chi connectivity index (χ3n) is 2.83. The van der Waals surface area contributed by atoms with Crippen molar-refractivity contribution in [3.05, 3.63) is 39.9 Å². The fourth-order valence-electron chi connectivity index (χ4n) is 1.92. The highest BCUT2D eigenvalue weighted by atomic mass is 32.1. The van der Waals surface area contributed by atoms with E-state index < -0.39 is 17.8 Å². The summed E-state index contributed by atoms with van der Waals surface area (Å²) >= 11 is 1.11. The number of carboxylic acids is 1. The van der Waals surface area contributed by atoms with E-state index in [4.69, 9.17) is 0 Å². The summed E-state index contributed by atoms with van der Waals surface area (Å²) in [5.74, 6) is -2.55. The summed E-state index contributed by atoms with van der Waals surface area (Å²) in [5, 5.41) is 19.1. The van der Waals surface area contributed by atoms with E-state index in [1.807, 2.05) is 0 Å². The number of nitrogens with zero attached hydrogens (tertiary/aromatic N) is 3. The minimum absolute atomic E-state index is 0.0320. The van der Waals surface area contributed by atoms with Gasteiger partial charge in [-0.15, -0.1) is 10.2 Å². The van der Waals surface area contributed by atoms with Crippen molar-refractivity contribution in [2.24, 2.45) is 0 Å². The molecule has 8 heteroatoms. The molecule has 0 saturated heterocycles. The van der Waals surface area contributed by atoms with Crippen LogP contribution >= 0.6 is 11.3 Å². The molecule has 1 aliphatic rings. The fraction of sp³-hybridized carbons (Fsp3) is 0.0833. The van der Waals surface area contributed by atoms with Gasteiger partial charge >= 0.3 is 0 Å². The normalized spacial score (nSPS) is 13.8. The molecule has 7 nitrogen and oxygen atoms in total. The molecular weight excluding hydrogens is 282 g/mol. The van der Waals surface area contributed by atoms with Crippen molar-refractivity contribution >= 4 is 34.3 Å². The molecule has 20 heavy (non-hydrogen) atoms. The van der Waals surface area contributed by atoms with Crippen molar-refractivity contribution in [2.45, 2.75) is 6.92 Å². The second-order valence-electron chi connectivity index (χ2n) is 4.10. The molecule has 1 aromatic carbocycles. The highest BCUT2D eigenvalue weighted by Crippen LogP contribution is 2.30. The number of imide groups is 1. The molecule has 0 N–H and O–H groups in total. The molecule has 2 heterocycles. The number of amides is 2. The predicted octanol–water partition coefficient (Wildman–Crippen LogP) is 0.0106. The van der Waals surface area contributed by atoms with E-state index in [-0.39, 0.29) is 21.8 Å². The number of aryl methyl sites for hydroxylation is 1. The van der Waals surface area contributed by atoms with Crippen molar-refractivity contribution in [3.8, 4) is 0 Å². The average molecular weight is 288 g/mol. The minimum Gasteiger partial charge on any atom is -0.545 e. The molecule has 0 fully saturated rings. The molecule has 2 aromatic rings. The molecule has 0 radical (unpaired) electrons. The van der Waals surface area contributed by atoms with Gasteiger partial charge in [0.05, 0.1) is 17.1 Å². The van der Waals surface area contributed by atoms with E-state index in [1.54, 1.807) is 6.92 Å². The summed E-state index contributed by atoms with van der Waals surface area (Å²) in [6.45, 7) is 1.70. The maximum absolute atomic E-state index is 12.2. The van der Waals surface area contributed by atoms with Gasteiger partial charge in [-0.25, -0.2) is 4.90 Å². The number of hydrogen-bond donors (Lipinski definition) is 0. The summed E-state index contributed by atoms with van der Waals surface area (Å²) in [4.78, 5) is 36.1. The number of fused-ring (bicyclic) bond motifs is 1. The van der Waals surface area contributed by atoms with Crippen LogP contribution in [0.25, 0.3) is 0 Å². The molecule has 1 aromatic heterocycles. The van der Waals surface area contributed by atoms with E-state index in [9.17, 15) is 19.5 Å². The van der Waals surface area contributed by atoms with Crippen LogP contribution in [-0.2, 0) is 0 Å². The third-order valence-corrected chi connectivity index (χ3v) is 3.65. The number of aromatic nitrogens is 2. The number of aromatic carboxylic acids is 1. The highest BCUT2D eigenvalue weighted by molar-refractivity contribution is 7.15. The second kappa shape index (κ2) is 4.20. The monoisotopic (exact) mass is 288 g/mol.